The van der Waals surface area contributed by atoms with Crippen LogP contribution in [-0.2, 0) is 10.2 Å². The minimum Gasteiger partial charge on any atom is -0.393 e. The summed E-state index contributed by atoms with van der Waals surface area (Å²) in [5, 5.41) is 9.61. The lowest BCUT2D eigenvalue weighted by molar-refractivity contribution is -0.139. The number of carbonyl (C=O) groups is 1. The number of likely N-dealkylation sites (tertiary alicyclic amines) is 1. The van der Waals surface area contributed by atoms with E-state index in [2.05, 4.69) is 0 Å². The van der Waals surface area contributed by atoms with Crippen molar-refractivity contribution < 1.29 is 14.3 Å². The van der Waals surface area contributed by atoms with E-state index in [4.69, 9.17) is 0 Å². The van der Waals surface area contributed by atoms with E-state index in [-0.39, 0.29) is 17.8 Å². The number of piperidine rings is 1. The third-order valence-electron chi connectivity index (χ3n) is 5.01. The van der Waals surface area contributed by atoms with Gasteiger partial charge >= 0.3 is 0 Å². The Bertz CT molecular complexity index is 500. The molecule has 3 rings (SSSR count). The van der Waals surface area contributed by atoms with Crippen molar-refractivity contribution in [2.75, 3.05) is 13.1 Å². The molecule has 1 saturated heterocycles. The number of aliphatic hydroxyl groups is 1. The summed E-state index contributed by atoms with van der Waals surface area (Å²) in [5.74, 6) is -0.0982. The van der Waals surface area contributed by atoms with Crippen LogP contribution in [-0.4, -0.2) is 35.1 Å². The SMILES string of the molecule is O=C(N1CCC(O)CC1)C1(c2ccc(F)cc2)CCCC1. The summed E-state index contributed by atoms with van der Waals surface area (Å²) in [5.41, 5.74) is 0.466. The highest BCUT2D eigenvalue weighted by Gasteiger charge is 2.45. The molecule has 0 spiro atoms. The summed E-state index contributed by atoms with van der Waals surface area (Å²) in [4.78, 5) is 15.0. The van der Waals surface area contributed by atoms with Crippen LogP contribution in [0.2, 0.25) is 0 Å². The molecule has 1 aliphatic carbocycles. The van der Waals surface area contributed by atoms with Crippen LogP contribution < -0.4 is 0 Å². The molecule has 3 nitrogen and oxygen atoms in total. The summed E-state index contributed by atoms with van der Waals surface area (Å²) in [6.45, 7) is 1.26. The van der Waals surface area contributed by atoms with Gasteiger partial charge in [-0.1, -0.05) is 25.0 Å². The second kappa shape index (κ2) is 5.76. The lowest BCUT2D eigenvalue weighted by Gasteiger charge is -2.38. The maximum atomic E-state index is 13.2. The second-order valence-corrected chi connectivity index (χ2v) is 6.32. The fraction of sp³-hybridized carbons (Fsp3) is 0.588. The molecule has 0 bridgehead atoms. The van der Waals surface area contributed by atoms with Crippen LogP contribution in [0.4, 0.5) is 4.39 Å². The van der Waals surface area contributed by atoms with Gasteiger partial charge in [-0.25, -0.2) is 4.39 Å². The van der Waals surface area contributed by atoms with Crippen molar-refractivity contribution in [1.29, 1.82) is 0 Å². The molecule has 1 aromatic carbocycles. The molecule has 0 unspecified atom stereocenters. The van der Waals surface area contributed by atoms with E-state index in [0.29, 0.717) is 25.9 Å². The van der Waals surface area contributed by atoms with Crippen LogP contribution in [0, 0.1) is 5.82 Å². The lowest BCUT2D eigenvalue weighted by atomic mass is 9.77. The predicted octanol–water partition coefficient (Wildman–Crippen LogP) is 2.62. The number of aliphatic hydroxyl groups excluding tert-OH is 1. The third kappa shape index (κ3) is 2.69. The number of amides is 1. The fourth-order valence-corrected chi connectivity index (χ4v) is 3.75. The molecule has 0 atom stereocenters. The van der Waals surface area contributed by atoms with Crippen LogP contribution in [0.5, 0.6) is 0 Å². The zero-order valence-corrected chi connectivity index (χ0v) is 12.2. The Morgan fingerprint density at radius 3 is 2.29 bits per heavy atom. The molecular formula is C17H22FNO2. The summed E-state index contributed by atoms with van der Waals surface area (Å²) in [6, 6.07) is 6.42. The van der Waals surface area contributed by atoms with E-state index in [1.807, 2.05) is 4.90 Å². The van der Waals surface area contributed by atoms with Crippen LogP contribution in [0.25, 0.3) is 0 Å². The molecular weight excluding hydrogens is 269 g/mol. The molecule has 1 aliphatic heterocycles. The fourth-order valence-electron chi connectivity index (χ4n) is 3.75. The smallest absolute Gasteiger partial charge is 0.233 e. The summed E-state index contributed by atoms with van der Waals surface area (Å²) < 4.78 is 13.2. The second-order valence-electron chi connectivity index (χ2n) is 6.32. The van der Waals surface area contributed by atoms with Crippen LogP contribution in [0.15, 0.2) is 24.3 Å². The number of halogens is 1. The number of nitrogens with zero attached hydrogens (tertiary/aromatic N) is 1. The van der Waals surface area contributed by atoms with Crippen molar-refractivity contribution >= 4 is 5.91 Å². The minimum absolute atomic E-state index is 0.165. The normalized spacial score (nSPS) is 22.5. The maximum Gasteiger partial charge on any atom is 0.233 e. The highest BCUT2D eigenvalue weighted by Crippen LogP contribution is 2.43. The first-order valence-electron chi connectivity index (χ1n) is 7.85. The number of benzene rings is 1. The van der Waals surface area contributed by atoms with Crippen molar-refractivity contribution in [2.24, 2.45) is 0 Å². The van der Waals surface area contributed by atoms with Crippen LogP contribution in [0.3, 0.4) is 0 Å². The monoisotopic (exact) mass is 291 g/mol. The maximum absolute atomic E-state index is 13.2. The standard InChI is InChI=1S/C17H22FNO2/c18-14-5-3-13(4-6-14)17(9-1-2-10-17)16(21)19-11-7-15(20)8-12-19/h3-6,15,20H,1-2,7-12H2. The Labute approximate surface area is 124 Å². The number of hydrogen-bond donors (Lipinski definition) is 1. The van der Waals surface area contributed by atoms with Gasteiger partial charge in [-0.15, -0.1) is 0 Å². The first-order chi connectivity index (χ1) is 10.1. The summed E-state index contributed by atoms with van der Waals surface area (Å²) in [7, 11) is 0. The van der Waals surface area contributed by atoms with Crippen molar-refractivity contribution in [1.82, 2.24) is 4.90 Å². The average molecular weight is 291 g/mol. The van der Waals surface area contributed by atoms with E-state index >= 15 is 0 Å². The van der Waals surface area contributed by atoms with Gasteiger partial charge in [0.05, 0.1) is 11.5 Å². The molecule has 114 valence electrons. The van der Waals surface area contributed by atoms with E-state index in [1.165, 1.54) is 12.1 Å². The Morgan fingerprint density at radius 2 is 1.71 bits per heavy atom. The van der Waals surface area contributed by atoms with Gasteiger partial charge in [0.2, 0.25) is 5.91 Å². The molecule has 4 heteroatoms. The van der Waals surface area contributed by atoms with Crippen molar-refractivity contribution in [3.63, 3.8) is 0 Å². The van der Waals surface area contributed by atoms with Gasteiger partial charge < -0.3 is 10.0 Å². The van der Waals surface area contributed by atoms with E-state index in [9.17, 15) is 14.3 Å². The van der Waals surface area contributed by atoms with Crippen molar-refractivity contribution in [3.8, 4) is 0 Å². The molecule has 21 heavy (non-hydrogen) atoms. The minimum atomic E-state index is -0.476. The largest absolute Gasteiger partial charge is 0.393 e. The summed E-state index contributed by atoms with van der Waals surface area (Å²) >= 11 is 0. The average Bonchev–Trinajstić information content (AvgIpc) is 2.99. The zero-order valence-electron chi connectivity index (χ0n) is 12.2. The number of carbonyl (C=O) groups excluding carboxylic acids is 1. The molecule has 1 N–H and O–H groups in total. The zero-order chi connectivity index (χ0) is 14.9. The lowest BCUT2D eigenvalue weighted by Crippen LogP contribution is -2.49. The Kier molecular flexibility index (Phi) is 3.98. The van der Waals surface area contributed by atoms with Gasteiger partial charge in [0, 0.05) is 13.1 Å². The number of rotatable bonds is 2. The Hall–Kier alpha value is -1.42. The van der Waals surface area contributed by atoms with Crippen LogP contribution in [0.1, 0.15) is 44.1 Å². The van der Waals surface area contributed by atoms with Gasteiger partial charge in [-0.05, 0) is 43.4 Å². The van der Waals surface area contributed by atoms with Gasteiger partial charge in [0.15, 0.2) is 0 Å². The first-order valence-corrected chi connectivity index (χ1v) is 7.85. The van der Waals surface area contributed by atoms with Gasteiger partial charge in [-0.2, -0.15) is 0 Å². The molecule has 1 heterocycles. The molecule has 1 aromatic rings. The molecule has 2 fully saturated rings. The quantitative estimate of drug-likeness (QED) is 0.910. The van der Waals surface area contributed by atoms with Gasteiger partial charge in [-0.3, -0.25) is 4.79 Å². The molecule has 2 aliphatic rings. The Balaban J connectivity index is 1.86. The molecule has 0 aromatic heterocycles. The van der Waals surface area contributed by atoms with Crippen molar-refractivity contribution in [3.05, 3.63) is 35.6 Å². The van der Waals surface area contributed by atoms with E-state index in [1.54, 1.807) is 12.1 Å². The van der Waals surface area contributed by atoms with Gasteiger partial charge in [0.25, 0.3) is 0 Å². The van der Waals surface area contributed by atoms with Gasteiger partial charge in [0.1, 0.15) is 5.82 Å². The van der Waals surface area contributed by atoms with Crippen molar-refractivity contribution in [2.45, 2.75) is 50.0 Å². The van der Waals surface area contributed by atoms with E-state index < -0.39 is 5.41 Å². The first kappa shape index (κ1) is 14.5. The highest BCUT2D eigenvalue weighted by molar-refractivity contribution is 5.88. The molecule has 1 amide bonds. The molecule has 0 radical (unpaired) electrons. The predicted molar refractivity (Wildman–Crippen MR) is 78.4 cm³/mol. The Morgan fingerprint density at radius 1 is 1.14 bits per heavy atom. The topological polar surface area (TPSA) is 40.5 Å². The summed E-state index contributed by atoms with van der Waals surface area (Å²) in [6.07, 6.45) is 4.81. The highest BCUT2D eigenvalue weighted by atomic mass is 19.1. The third-order valence-corrected chi connectivity index (χ3v) is 5.01. The molecule has 1 saturated carbocycles. The number of hydrogen-bond acceptors (Lipinski definition) is 2. The van der Waals surface area contributed by atoms with Crippen LogP contribution >= 0.6 is 0 Å². The van der Waals surface area contributed by atoms with E-state index in [0.717, 1.165) is 31.2 Å².